The van der Waals surface area contributed by atoms with Crippen LogP contribution in [-0.4, -0.2) is 25.8 Å². The Morgan fingerprint density at radius 1 is 1.12 bits per heavy atom. The van der Waals surface area contributed by atoms with E-state index in [2.05, 4.69) is 20.6 Å². The smallest absolute Gasteiger partial charge is 0.273 e. The second-order valence-electron chi connectivity index (χ2n) is 5.62. The molecule has 128 valence electrons. The molecule has 1 aromatic carbocycles. The fourth-order valence-corrected chi connectivity index (χ4v) is 2.49. The van der Waals surface area contributed by atoms with Crippen LogP contribution in [0.4, 0.5) is 0 Å². The molecular weight excluding hydrogens is 330 g/mol. The van der Waals surface area contributed by atoms with Gasteiger partial charge < -0.3 is 9.84 Å². The summed E-state index contributed by atoms with van der Waals surface area (Å²) in [5, 5.41) is 10.8. The molecule has 26 heavy (non-hydrogen) atoms. The predicted octanol–water partition coefficient (Wildman–Crippen LogP) is 2.85. The average Bonchev–Trinajstić information content (AvgIpc) is 3.39. The molecule has 1 N–H and O–H groups in total. The van der Waals surface area contributed by atoms with Gasteiger partial charge in [0.05, 0.1) is 5.69 Å². The van der Waals surface area contributed by atoms with Crippen LogP contribution in [0.15, 0.2) is 77.8 Å². The Labute approximate surface area is 149 Å². The molecule has 0 aliphatic heterocycles. The Balaban J connectivity index is 1.39. The summed E-state index contributed by atoms with van der Waals surface area (Å²) >= 11 is 0. The summed E-state index contributed by atoms with van der Waals surface area (Å²) in [6.45, 7) is 0.396. The third-order valence-electron chi connectivity index (χ3n) is 3.85. The Morgan fingerprint density at radius 2 is 2.00 bits per heavy atom. The van der Waals surface area contributed by atoms with Gasteiger partial charge in [0.15, 0.2) is 11.5 Å². The van der Waals surface area contributed by atoms with Gasteiger partial charge >= 0.3 is 0 Å². The fraction of sp³-hybridized carbons (Fsp3) is 0.0526. The van der Waals surface area contributed by atoms with Crippen molar-refractivity contribution in [3.63, 3.8) is 0 Å². The van der Waals surface area contributed by atoms with E-state index in [1.807, 2.05) is 42.6 Å². The highest BCUT2D eigenvalue weighted by molar-refractivity contribution is 5.93. The molecule has 0 bridgehead atoms. The number of amides is 1. The molecule has 0 aliphatic rings. The molecule has 3 heterocycles. The maximum atomic E-state index is 12.3. The van der Waals surface area contributed by atoms with Gasteiger partial charge in [0.25, 0.3) is 5.91 Å². The maximum absolute atomic E-state index is 12.3. The summed E-state index contributed by atoms with van der Waals surface area (Å²) in [5.74, 6) is 0.215. The first-order chi connectivity index (χ1) is 12.8. The van der Waals surface area contributed by atoms with Crippen LogP contribution in [0.1, 0.15) is 16.1 Å². The van der Waals surface area contributed by atoms with Gasteiger partial charge in [-0.1, -0.05) is 17.3 Å². The minimum atomic E-state index is -0.292. The second kappa shape index (κ2) is 7.02. The van der Waals surface area contributed by atoms with Crippen LogP contribution in [0.25, 0.3) is 17.0 Å². The van der Waals surface area contributed by atoms with Gasteiger partial charge in [0, 0.05) is 43.0 Å². The van der Waals surface area contributed by atoms with E-state index in [-0.39, 0.29) is 11.6 Å². The Morgan fingerprint density at radius 3 is 2.73 bits per heavy atom. The van der Waals surface area contributed by atoms with Gasteiger partial charge in [-0.2, -0.15) is 5.10 Å². The number of nitrogens with zero attached hydrogens (tertiary/aromatic N) is 4. The van der Waals surface area contributed by atoms with Crippen molar-refractivity contribution in [3.05, 3.63) is 84.6 Å². The number of benzene rings is 1. The fourth-order valence-electron chi connectivity index (χ4n) is 2.49. The lowest BCUT2D eigenvalue weighted by Crippen LogP contribution is -2.23. The topological polar surface area (TPSA) is 85.8 Å². The lowest BCUT2D eigenvalue weighted by atomic mass is 10.2. The van der Waals surface area contributed by atoms with Gasteiger partial charge in [-0.15, -0.1) is 0 Å². The molecule has 4 rings (SSSR count). The maximum Gasteiger partial charge on any atom is 0.273 e. The van der Waals surface area contributed by atoms with Crippen LogP contribution in [0.2, 0.25) is 0 Å². The second-order valence-corrected chi connectivity index (χ2v) is 5.62. The van der Waals surface area contributed by atoms with Crippen molar-refractivity contribution < 1.29 is 9.32 Å². The monoisotopic (exact) mass is 345 g/mol. The number of pyridine rings is 1. The molecule has 3 aromatic heterocycles. The number of carbonyl (C=O) groups is 1. The number of nitrogens with one attached hydrogen (secondary N) is 1. The summed E-state index contributed by atoms with van der Waals surface area (Å²) in [7, 11) is 0. The standard InChI is InChI=1S/C19H15N5O2/c25-19(17-11-18(26-23-17)15-3-1-8-20-13-15)21-12-14-4-6-16(7-5-14)24-10-2-9-22-24/h1-11,13H,12H2,(H,21,25). The lowest BCUT2D eigenvalue weighted by Gasteiger charge is -2.05. The molecule has 7 nitrogen and oxygen atoms in total. The summed E-state index contributed by atoms with van der Waals surface area (Å²) in [6, 6.07) is 14.9. The van der Waals surface area contributed by atoms with E-state index in [0.29, 0.717) is 12.3 Å². The number of aromatic nitrogens is 4. The highest BCUT2D eigenvalue weighted by Gasteiger charge is 2.13. The number of hydrogen-bond acceptors (Lipinski definition) is 5. The van der Waals surface area contributed by atoms with E-state index in [9.17, 15) is 4.79 Å². The molecule has 4 aromatic rings. The molecule has 1 amide bonds. The van der Waals surface area contributed by atoms with Crippen molar-refractivity contribution in [2.45, 2.75) is 6.54 Å². The highest BCUT2D eigenvalue weighted by Crippen LogP contribution is 2.18. The summed E-state index contributed by atoms with van der Waals surface area (Å²) in [4.78, 5) is 16.3. The van der Waals surface area contributed by atoms with E-state index in [1.54, 1.807) is 35.4 Å². The van der Waals surface area contributed by atoms with Gasteiger partial charge in [-0.3, -0.25) is 9.78 Å². The van der Waals surface area contributed by atoms with E-state index in [1.165, 1.54) is 0 Å². The van der Waals surface area contributed by atoms with Crippen molar-refractivity contribution in [2.24, 2.45) is 0 Å². The van der Waals surface area contributed by atoms with Crippen molar-refractivity contribution in [3.8, 4) is 17.0 Å². The van der Waals surface area contributed by atoms with Gasteiger partial charge in [0.2, 0.25) is 0 Å². The zero-order valence-electron chi connectivity index (χ0n) is 13.7. The summed E-state index contributed by atoms with van der Waals surface area (Å²) in [5.41, 5.74) is 2.94. The third-order valence-corrected chi connectivity index (χ3v) is 3.85. The first-order valence-electron chi connectivity index (χ1n) is 8.04. The van der Waals surface area contributed by atoms with E-state index in [4.69, 9.17) is 4.52 Å². The van der Waals surface area contributed by atoms with Crippen LogP contribution in [-0.2, 0) is 6.54 Å². The van der Waals surface area contributed by atoms with E-state index >= 15 is 0 Å². The molecule has 0 saturated carbocycles. The minimum Gasteiger partial charge on any atom is -0.355 e. The first kappa shape index (κ1) is 15.8. The van der Waals surface area contributed by atoms with E-state index < -0.39 is 0 Å². The number of rotatable bonds is 5. The molecule has 0 spiro atoms. The predicted molar refractivity (Wildman–Crippen MR) is 94.5 cm³/mol. The third kappa shape index (κ3) is 3.36. The van der Waals surface area contributed by atoms with E-state index in [0.717, 1.165) is 16.8 Å². The Kier molecular flexibility index (Phi) is 4.26. The first-order valence-corrected chi connectivity index (χ1v) is 8.04. The quantitative estimate of drug-likeness (QED) is 0.601. The molecule has 0 saturated heterocycles. The molecule has 7 heteroatoms. The van der Waals surface area contributed by atoms with Crippen molar-refractivity contribution in [1.29, 1.82) is 0 Å². The minimum absolute atomic E-state index is 0.233. The zero-order chi connectivity index (χ0) is 17.8. The lowest BCUT2D eigenvalue weighted by molar-refractivity contribution is 0.0942. The van der Waals surface area contributed by atoms with Crippen molar-refractivity contribution in [1.82, 2.24) is 25.2 Å². The van der Waals surface area contributed by atoms with Gasteiger partial charge in [-0.25, -0.2) is 4.68 Å². The molecule has 0 atom stereocenters. The SMILES string of the molecule is O=C(NCc1ccc(-n2cccn2)cc1)c1cc(-c2cccnc2)on1. The van der Waals surface area contributed by atoms with Gasteiger partial charge in [0.1, 0.15) is 0 Å². The average molecular weight is 345 g/mol. The largest absolute Gasteiger partial charge is 0.355 e. The molecular formula is C19H15N5O2. The van der Waals surface area contributed by atoms with Crippen LogP contribution >= 0.6 is 0 Å². The normalized spacial score (nSPS) is 10.6. The summed E-state index contributed by atoms with van der Waals surface area (Å²) < 4.78 is 7.00. The van der Waals surface area contributed by atoms with Crippen molar-refractivity contribution >= 4 is 5.91 Å². The molecule has 0 aliphatic carbocycles. The Bertz CT molecular complexity index is 992. The Hall–Kier alpha value is -3.74. The van der Waals surface area contributed by atoms with Crippen LogP contribution in [0, 0.1) is 0 Å². The van der Waals surface area contributed by atoms with Crippen LogP contribution in [0.3, 0.4) is 0 Å². The highest BCUT2D eigenvalue weighted by atomic mass is 16.5. The van der Waals surface area contributed by atoms with Gasteiger partial charge in [-0.05, 0) is 35.9 Å². The molecule has 0 unspecified atom stereocenters. The number of hydrogen-bond donors (Lipinski definition) is 1. The molecule has 0 radical (unpaired) electrons. The van der Waals surface area contributed by atoms with Crippen LogP contribution in [0.5, 0.6) is 0 Å². The summed E-state index contributed by atoms with van der Waals surface area (Å²) in [6.07, 6.45) is 6.93. The number of carbonyl (C=O) groups excluding carboxylic acids is 1. The zero-order valence-corrected chi connectivity index (χ0v) is 13.7. The molecule has 0 fully saturated rings. The van der Waals surface area contributed by atoms with Crippen LogP contribution < -0.4 is 5.32 Å². The van der Waals surface area contributed by atoms with Crippen molar-refractivity contribution in [2.75, 3.05) is 0 Å².